The van der Waals surface area contributed by atoms with Crippen LogP contribution in [0.4, 0.5) is 0 Å². The zero-order valence-electron chi connectivity index (χ0n) is 16.5. The third-order valence-electron chi connectivity index (χ3n) is 4.26. The minimum Gasteiger partial charge on any atom is -0.490 e. The van der Waals surface area contributed by atoms with E-state index in [-0.39, 0.29) is 30.2 Å². The van der Waals surface area contributed by atoms with E-state index in [9.17, 15) is 13.2 Å². The van der Waals surface area contributed by atoms with Crippen LogP contribution in [0.3, 0.4) is 0 Å². The summed E-state index contributed by atoms with van der Waals surface area (Å²) in [6.45, 7) is 0.251. The third kappa shape index (κ3) is 6.40. The number of nitriles is 1. The van der Waals surface area contributed by atoms with Crippen LogP contribution in [0.1, 0.15) is 21.5 Å². The lowest BCUT2D eigenvalue weighted by Gasteiger charge is -2.10. The number of benzene rings is 3. The highest BCUT2D eigenvalue weighted by Crippen LogP contribution is 2.14. The molecule has 0 spiro atoms. The Kier molecular flexibility index (Phi) is 7.38. The van der Waals surface area contributed by atoms with E-state index >= 15 is 0 Å². The van der Waals surface area contributed by atoms with Crippen molar-refractivity contribution >= 4 is 16.0 Å². The molecule has 0 unspecified atom stereocenters. The Bertz CT molecular complexity index is 1170. The second kappa shape index (κ2) is 10.4. The average Bonchev–Trinajstić information content (AvgIpc) is 2.81. The largest absolute Gasteiger partial charge is 0.490 e. The van der Waals surface area contributed by atoms with Crippen molar-refractivity contribution in [1.29, 1.82) is 5.26 Å². The molecule has 7 nitrogen and oxygen atoms in total. The molecule has 0 saturated carbocycles. The number of nitrogens with one attached hydrogen (secondary N) is 1. The summed E-state index contributed by atoms with van der Waals surface area (Å²) >= 11 is 0. The van der Waals surface area contributed by atoms with Gasteiger partial charge in [-0.25, -0.2) is 17.9 Å². The zero-order chi connectivity index (χ0) is 22.1. The van der Waals surface area contributed by atoms with Crippen LogP contribution in [0.2, 0.25) is 0 Å². The molecule has 1 N–H and O–H groups in total. The summed E-state index contributed by atoms with van der Waals surface area (Å²) in [5.74, 6) is -0.101. The van der Waals surface area contributed by atoms with Gasteiger partial charge in [-0.05, 0) is 48.0 Å². The lowest BCUT2D eigenvalue weighted by Crippen LogP contribution is -2.23. The van der Waals surface area contributed by atoms with Gasteiger partial charge in [0.15, 0.2) is 0 Å². The number of hydrogen-bond acceptors (Lipinski definition) is 6. The van der Waals surface area contributed by atoms with Crippen molar-refractivity contribution in [2.75, 3.05) is 13.2 Å². The molecule has 0 atom stereocenters. The molecule has 0 heterocycles. The highest BCUT2D eigenvalue weighted by Gasteiger charge is 2.17. The van der Waals surface area contributed by atoms with Crippen molar-refractivity contribution in [3.05, 3.63) is 95.6 Å². The van der Waals surface area contributed by atoms with E-state index in [0.29, 0.717) is 11.3 Å². The van der Waals surface area contributed by atoms with E-state index in [2.05, 4.69) is 4.72 Å². The molecule has 0 fully saturated rings. The predicted molar refractivity (Wildman–Crippen MR) is 114 cm³/mol. The van der Waals surface area contributed by atoms with Gasteiger partial charge in [0, 0.05) is 6.54 Å². The van der Waals surface area contributed by atoms with Crippen molar-refractivity contribution in [2.24, 2.45) is 0 Å². The van der Waals surface area contributed by atoms with Gasteiger partial charge in [-0.1, -0.05) is 36.4 Å². The summed E-state index contributed by atoms with van der Waals surface area (Å²) in [6, 6.07) is 23.4. The lowest BCUT2D eigenvalue weighted by molar-refractivity contribution is 0.0450. The quantitative estimate of drug-likeness (QED) is 0.408. The van der Waals surface area contributed by atoms with Gasteiger partial charge in [-0.2, -0.15) is 5.26 Å². The first kappa shape index (κ1) is 22.0. The Morgan fingerprint density at radius 3 is 2.39 bits per heavy atom. The maximum absolute atomic E-state index is 12.5. The predicted octanol–water partition coefficient (Wildman–Crippen LogP) is 3.27. The van der Waals surface area contributed by atoms with Gasteiger partial charge < -0.3 is 9.47 Å². The van der Waals surface area contributed by atoms with E-state index in [1.54, 1.807) is 24.3 Å². The summed E-state index contributed by atoms with van der Waals surface area (Å²) in [5.41, 5.74) is 1.47. The van der Waals surface area contributed by atoms with Crippen molar-refractivity contribution in [3.63, 3.8) is 0 Å². The second-order valence-electron chi connectivity index (χ2n) is 6.46. The maximum atomic E-state index is 12.5. The molecule has 3 aromatic carbocycles. The molecule has 0 aromatic heterocycles. The Balaban J connectivity index is 1.53. The number of ether oxygens (including phenoxy) is 2. The van der Waals surface area contributed by atoms with Crippen LogP contribution in [0, 0.1) is 11.3 Å². The summed E-state index contributed by atoms with van der Waals surface area (Å²) in [5, 5.41) is 8.77. The van der Waals surface area contributed by atoms with Gasteiger partial charge in [0.1, 0.15) is 19.0 Å². The second-order valence-corrected chi connectivity index (χ2v) is 8.23. The van der Waals surface area contributed by atoms with Gasteiger partial charge in [0.05, 0.1) is 22.1 Å². The normalized spacial score (nSPS) is 10.8. The Hall–Kier alpha value is -3.67. The molecule has 3 rings (SSSR count). The van der Waals surface area contributed by atoms with E-state index in [1.165, 1.54) is 24.3 Å². The number of sulfonamides is 1. The highest BCUT2D eigenvalue weighted by atomic mass is 32.2. The average molecular weight is 436 g/mol. The number of esters is 1. The monoisotopic (exact) mass is 436 g/mol. The summed E-state index contributed by atoms with van der Waals surface area (Å²) in [7, 11) is -3.79. The highest BCUT2D eigenvalue weighted by molar-refractivity contribution is 7.89. The molecule has 0 aliphatic carbocycles. The fourth-order valence-electron chi connectivity index (χ4n) is 2.65. The zero-order valence-corrected chi connectivity index (χ0v) is 17.3. The molecule has 158 valence electrons. The third-order valence-corrected chi connectivity index (χ3v) is 5.66. The fourth-order valence-corrected chi connectivity index (χ4v) is 3.71. The SMILES string of the molecule is N#Cc1ccc(OCCOC(=O)c2cccc(S(=O)(=O)NCc3ccccc3)c2)cc1. The van der Waals surface area contributed by atoms with Crippen molar-refractivity contribution in [1.82, 2.24) is 4.72 Å². The molecule has 0 bridgehead atoms. The number of rotatable bonds is 9. The molecular weight excluding hydrogens is 416 g/mol. The standard InChI is InChI=1S/C23H20N2O5S/c24-16-18-9-11-21(12-10-18)29-13-14-30-23(26)20-7-4-8-22(15-20)31(27,28)25-17-19-5-2-1-3-6-19/h1-12,15,25H,13-14,17H2. The van der Waals surface area contributed by atoms with Crippen LogP contribution in [0.25, 0.3) is 0 Å². The lowest BCUT2D eigenvalue weighted by atomic mass is 10.2. The first-order valence-electron chi connectivity index (χ1n) is 9.42. The molecule has 3 aromatic rings. The van der Waals surface area contributed by atoms with Crippen LogP contribution in [0.15, 0.2) is 83.8 Å². The molecule has 0 saturated heterocycles. The molecular formula is C23H20N2O5S. The van der Waals surface area contributed by atoms with Gasteiger partial charge in [-0.15, -0.1) is 0 Å². The van der Waals surface area contributed by atoms with Crippen LogP contribution in [0.5, 0.6) is 5.75 Å². The first-order valence-corrected chi connectivity index (χ1v) is 10.9. The van der Waals surface area contributed by atoms with Crippen LogP contribution < -0.4 is 9.46 Å². The van der Waals surface area contributed by atoms with Crippen molar-refractivity contribution in [2.45, 2.75) is 11.4 Å². The maximum Gasteiger partial charge on any atom is 0.338 e. The number of carbonyl (C=O) groups excluding carboxylic acids is 1. The Morgan fingerprint density at radius 1 is 0.935 bits per heavy atom. The van der Waals surface area contributed by atoms with Crippen LogP contribution in [-0.2, 0) is 21.3 Å². The topological polar surface area (TPSA) is 105 Å². The minimum absolute atomic E-state index is 0.0118. The van der Waals surface area contributed by atoms with Crippen LogP contribution in [-0.4, -0.2) is 27.6 Å². The van der Waals surface area contributed by atoms with Gasteiger partial charge >= 0.3 is 5.97 Å². The van der Waals surface area contributed by atoms with Crippen LogP contribution >= 0.6 is 0 Å². The van der Waals surface area contributed by atoms with Gasteiger partial charge in [-0.3, -0.25) is 0 Å². The Labute approximate surface area is 180 Å². The Morgan fingerprint density at radius 2 is 1.68 bits per heavy atom. The number of nitrogens with zero attached hydrogens (tertiary/aromatic N) is 1. The number of carbonyl (C=O) groups is 1. The molecule has 0 amide bonds. The fraction of sp³-hybridized carbons (Fsp3) is 0.130. The van der Waals surface area contributed by atoms with E-state index in [0.717, 1.165) is 5.56 Å². The minimum atomic E-state index is -3.79. The first-order chi connectivity index (χ1) is 15.0. The summed E-state index contributed by atoms with van der Waals surface area (Å²) in [4.78, 5) is 12.2. The number of hydrogen-bond donors (Lipinski definition) is 1. The molecule has 31 heavy (non-hydrogen) atoms. The summed E-state index contributed by atoms with van der Waals surface area (Å²) < 4.78 is 38.2. The van der Waals surface area contributed by atoms with Gasteiger partial charge in [0.2, 0.25) is 10.0 Å². The van der Waals surface area contributed by atoms with Crippen molar-refractivity contribution in [3.8, 4) is 11.8 Å². The smallest absolute Gasteiger partial charge is 0.338 e. The molecule has 0 radical (unpaired) electrons. The summed E-state index contributed by atoms with van der Waals surface area (Å²) in [6.07, 6.45) is 0. The van der Waals surface area contributed by atoms with Crippen molar-refractivity contribution < 1.29 is 22.7 Å². The van der Waals surface area contributed by atoms with E-state index in [1.807, 2.05) is 36.4 Å². The van der Waals surface area contributed by atoms with E-state index < -0.39 is 16.0 Å². The molecule has 0 aliphatic heterocycles. The molecule has 0 aliphatic rings. The molecule has 8 heteroatoms. The van der Waals surface area contributed by atoms with E-state index in [4.69, 9.17) is 14.7 Å². The van der Waals surface area contributed by atoms with Gasteiger partial charge in [0.25, 0.3) is 0 Å².